The van der Waals surface area contributed by atoms with E-state index in [1.807, 2.05) is 22.6 Å². The lowest BCUT2D eigenvalue weighted by molar-refractivity contribution is 0.430. The van der Waals surface area contributed by atoms with Crippen molar-refractivity contribution in [3.05, 3.63) is 0 Å². The van der Waals surface area contributed by atoms with Crippen LogP contribution >= 0.6 is 22.6 Å². The molecule has 0 saturated heterocycles. The van der Waals surface area contributed by atoms with Gasteiger partial charge >= 0.3 is 0 Å². The van der Waals surface area contributed by atoms with Crippen LogP contribution < -0.4 is 0 Å². The fourth-order valence-electron chi connectivity index (χ4n) is 0.902. The molecule has 0 nitrogen and oxygen atoms in total. The molecule has 0 heterocycles. The maximum absolute atomic E-state index is 12.2. The highest BCUT2D eigenvalue weighted by atomic mass is 127. The van der Waals surface area contributed by atoms with E-state index in [2.05, 4.69) is 6.92 Å². The van der Waals surface area contributed by atoms with E-state index in [9.17, 15) is 4.39 Å². The van der Waals surface area contributed by atoms with Gasteiger partial charge in [0.2, 0.25) is 0 Å². The second kappa shape index (κ2) is 7.76. The summed E-state index contributed by atoms with van der Waals surface area (Å²) in [4.78, 5) is 0. The lowest BCUT2D eigenvalue weighted by Crippen LogP contribution is -1.86. The molecule has 0 radical (unpaired) electrons. The largest absolute Gasteiger partial charge is 0.236 e. The van der Waals surface area contributed by atoms with E-state index < -0.39 is 4.18 Å². The molecule has 0 aliphatic carbocycles. The fourth-order valence-corrected chi connectivity index (χ4v) is 1.34. The van der Waals surface area contributed by atoms with E-state index in [1.165, 1.54) is 25.7 Å². The summed E-state index contributed by atoms with van der Waals surface area (Å²) in [5.74, 6) is 0. The van der Waals surface area contributed by atoms with Gasteiger partial charge in [0.05, 0.1) is 0 Å². The van der Waals surface area contributed by atoms with E-state index in [4.69, 9.17) is 0 Å². The zero-order valence-corrected chi connectivity index (χ0v) is 8.73. The molecule has 2 heteroatoms. The topological polar surface area (TPSA) is 0 Å². The number of unbranched alkanes of at least 4 members (excludes halogenated alkanes) is 4. The predicted molar refractivity (Wildman–Crippen MR) is 52.3 cm³/mol. The van der Waals surface area contributed by atoms with E-state index in [1.54, 1.807) is 0 Å². The van der Waals surface area contributed by atoms with Crippen molar-refractivity contribution in [1.29, 1.82) is 0 Å². The van der Waals surface area contributed by atoms with Gasteiger partial charge in [0.25, 0.3) is 0 Å². The lowest BCUT2D eigenvalue weighted by Gasteiger charge is -1.99. The maximum atomic E-state index is 12.2. The van der Waals surface area contributed by atoms with E-state index in [-0.39, 0.29) is 0 Å². The van der Waals surface area contributed by atoms with Crippen LogP contribution in [0.15, 0.2) is 0 Å². The Bertz CT molecular complexity index is 64.3. The van der Waals surface area contributed by atoms with E-state index in [0.717, 1.165) is 12.8 Å². The molecule has 0 aliphatic heterocycles. The SMILES string of the molecule is CCCCCCCC(F)I. The molecule has 0 bridgehead atoms. The van der Waals surface area contributed by atoms with Gasteiger partial charge in [-0.05, 0) is 35.4 Å². The van der Waals surface area contributed by atoms with Crippen molar-refractivity contribution in [3.8, 4) is 0 Å². The summed E-state index contributed by atoms with van der Waals surface area (Å²) in [6.07, 6.45) is 6.85. The van der Waals surface area contributed by atoms with Crippen LogP contribution in [0.3, 0.4) is 0 Å². The summed E-state index contributed by atoms with van der Waals surface area (Å²) < 4.78 is 11.6. The highest BCUT2D eigenvalue weighted by molar-refractivity contribution is 14.1. The summed E-state index contributed by atoms with van der Waals surface area (Å²) in [5.41, 5.74) is 0. The Kier molecular flexibility index (Phi) is 8.28. The lowest BCUT2D eigenvalue weighted by atomic mass is 10.1. The van der Waals surface area contributed by atoms with Crippen LogP contribution in [-0.2, 0) is 0 Å². The number of alkyl halides is 2. The molecular formula is C8H16FI. The molecule has 0 aromatic heterocycles. The van der Waals surface area contributed by atoms with Crippen LogP contribution in [0.1, 0.15) is 45.4 Å². The standard InChI is InChI=1S/C8H16FI/c1-2-3-4-5-6-7-8(9)10/h8H,2-7H2,1H3. The second-order valence-electron chi connectivity index (χ2n) is 2.59. The minimum atomic E-state index is -0.626. The number of hydrogen-bond acceptors (Lipinski definition) is 0. The molecule has 0 amide bonds. The van der Waals surface area contributed by atoms with Crippen LogP contribution in [-0.4, -0.2) is 4.18 Å². The van der Waals surface area contributed by atoms with Crippen molar-refractivity contribution in [2.75, 3.05) is 0 Å². The molecule has 0 fully saturated rings. The zero-order chi connectivity index (χ0) is 7.82. The summed E-state index contributed by atoms with van der Waals surface area (Å²) in [7, 11) is 0. The van der Waals surface area contributed by atoms with Gasteiger partial charge in [-0.1, -0.05) is 32.6 Å². The van der Waals surface area contributed by atoms with Crippen molar-refractivity contribution in [2.45, 2.75) is 49.6 Å². The van der Waals surface area contributed by atoms with Crippen molar-refractivity contribution in [2.24, 2.45) is 0 Å². The molecule has 0 spiro atoms. The third kappa shape index (κ3) is 8.66. The Balaban J connectivity index is 2.77. The average Bonchev–Trinajstić information content (AvgIpc) is 1.87. The Morgan fingerprint density at radius 2 is 1.80 bits per heavy atom. The maximum Gasteiger partial charge on any atom is 0.151 e. The van der Waals surface area contributed by atoms with Gasteiger partial charge in [0.1, 0.15) is 0 Å². The molecule has 0 rings (SSSR count). The normalized spacial score (nSPS) is 13.5. The Morgan fingerprint density at radius 3 is 2.30 bits per heavy atom. The summed E-state index contributed by atoms with van der Waals surface area (Å²) in [6.45, 7) is 2.19. The van der Waals surface area contributed by atoms with Gasteiger partial charge in [0, 0.05) is 0 Å². The van der Waals surface area contributed by atoms with Crippen molar-refractivity contribution >= 4 is 22.6 Å². The molecule has 0 N–H and O–H groups in total. The molecule has 1 atom stereocenters. The first-order valence-corrected chi connectivity index (χ1v) is 5.30. The van der Waals surface area contributed by atoms with Crippen LogP contribution in [0, 0.1) is 0 Å². The van der Waals surface area contributed by atoms with Crippen molar-refractivity contribution in [1.82, 2.24) is 0 Å². The monoisotopic (exact) mass is 258 g/mol. The van der Waals surface area contributed by atoms with Gasteiger partial charge in [-0.3, -0.25) is 0 Å². The summed E-state index contributed by atoms with van der Waals surface area (Å²) in [5, 5.41) is 0. The second-order valence-corrected chi connectivity index (χ2v) is 3.95. The molecule has 1 unspecified atom stereocenters. The van der Waals surface area contributed by atoms with Crippen LogP contribution in [0.25, 0.3) is 0 Å². The molecule has 0 aliphatic rings. The van der Waals surface area contributed by atoms with Crippen molar-refractivity contribution < 1.29 is 4.39 Å². The Morgan fingerprint density at radius 1 is 1.20 bits per heavy atom. The molecule has 0 saturated carbocycles. The molecular weight excluding hydrogens is 242 g/mol. The first-order chi connectivity index (χ1) is 4.77. The third-order valence-electron chi connectivity index (χ3n) is 1.53. The third-order valence-corrected chi connectivity index (χ3v) is 2.15. The summed E-state index contributed by atoms with van der Waals surface area (Å²) in [6, 6.07) is 0. The van der Waals surface area contributed by atoms with Crippen LogP contribution in [0.5, 0.6) is 0 Å². The first kappa shape index (κ1) is 10.7. The molecule has 10 heavy (non-hydrogen) atoms. The van der Waals surface area contributed by atoms with Crippen LogP contribution in [0.2, 0.25) is 0 Å². The van der Waals surface area contributed by atoms with Gasteiger partial charge in [0.15, 0.2) is 4.18 Å². The minimum Gasteiger partial charge on any atom is -0.236 e. The van der Waals surface area contributed by atoms with Crippen molar-refractivity contribution in [3.63, 3.8) is 0 Å². The Hall–Kier alpha value is 0.660. The smallest absolute Gasteiger partial charge is 0.151 e. The van der Waals surface area contributed by atoms with E-state index >= 15 is 0 Å². The van der Waals surface area contributed by atoms with Gasteiger partial charge in [-0.2, -0.15) is 0 Å². The average molecular weight is 258 g/mol. The highest BCUT2D eigenvalue weighted by Gasteiger charge is 1.97. The Labute approximate surface area is 76.7 Å². The predicted octanol–water partition coefficient (Wildman–Crippen LogP) is 4.08. The van der Waals surface area contributed by atoms with Gasteiger partial charge in [-0.15, -0.1) is 0 Å². The summed E-state index contributed by atoms with van der Waals surface area (Å²) >= 11 is 1.84. The first-order valence-electron chi connectivity index (χ1n) is 4.05. The molecule has 0 aromatic rings. The zero-order valence-electron chi connectivity index (χ0n) is 6.58. The highest BCUT2D eigenvalue weighted by Crippen LogP contribution is 2.13. The van der Waals surface area contributed by atoms with Gasteiger partial charge in [-0.25, -0.2) is 4.39 Å². The van der Waals surface area contributed by atoms with Gasteiger partial charge < -0.3 is 0 Å². The fraction of sp³-hybridized carbons (Fsp3) is 1.00. The molecule has 62 valence electrons. The van der Waals surface area contributed by atoms with E-state index in [0.29, 0.717) is 0 Å². The number of hydrogen-bond donors (Lipinski definition) is 0. The number of rotatable bonds is 6. The quantitative estimate of drug-likeness (QED) is 0.382. The van der Waals surface area contributed by atoms with Crippen LogP contribution in [0.4, 0.5) is 4.39 Å². The minimum absolute atomic E-state index is 0.626. The number of halogens is 2. The molecule has 0 aromatic carbocycles.